The summed E-state index contributed by atoms with van der Waals surface area (Å²) in [4.78, 5) is 34.9. The molecule has 2 amide bonds. The lowest BCUT2D eigenvalue weighted by molar-refractivity contribution is -0.145. The molecule has 1 atom stereocenters. The molecule has 5 rings (SSSR count). The number of carbonyl (C=O) groups is 2. The topological polar surface area (TPSA) is 79.5 Å². The minimum absolute atomic E-state index is 0.0502. The largest absolute Gasteiger partial charge is 0.342 e. The van der Waals surface area contributed by atoms with Crippen LogP contribution in [-0.4, -0.2) is 57.9 Å². The molecule has 2 saturated heterocycles. The van der Waals surface area contributed by atoms with Crippen LogP contribution in [-0.2, 0) is 4.79 Å². The molecule has 1 aliphatic carbocycles. The maximum Gasteiger partial charge on any atom is 0.258 e. The summed E-state index contributed by atoms with van der Waals surface area (Å²) in [5, 5.41) is 4.66. The van der Waals surface area contributed by atoms with Crippen LogP contribution < -0.4 is 0 Å². The number of aromatic nitrogens is 2. The van der Waals surface area contributed by atoms with Crippen molar-refractivity contribution in [1.29, 1.82) is 0 Å². The van der Waals surface area contributed by atoms with Gasteiger partial charge in [0.15, 0.2) is 0 Å². The number of piperidine rings is 1. The van der Waals surface area contributed by atoms with Gasteiger partial charge < -0.3 is 14.3 Å². The SMILES string of the molecule is Cc1cc(C(=O)N2CCC3(CCCN(CC4CC4)C3=O)C2)c2c(C)noc2n1. The molecule has 4 heterocycles. The summed E-state index contributed by atoms with van der Waals surface area (Å²) in [6.45, 7) is 6.58. The van der Waals surface area contributed by atoms with E-state index >= 15 is 0 Å². The smallest absolute Gasteiger partial charge is 0.258 e. The van der Waals surface area contributed by atoms with Crippen LogP contribution in [0.15, 0.2) is 10.6 Å². The zero-order chi connectivity index (χ0) is 19.5. The van der Waals surface area contributed by atoms with Gasteiger partial charge in [0.2, 0.25) is 5.91 Å². The molecule has 3 fully saturated rings. The van der Waals surface area contributed by atoms with Gasteiger partial charge in [0.25, 0.3) is 11.6 Å². The van der Waals surface area contributed by atoms with Gasteiger partial charge in [-0.05, 0) is 57.9 Å². The average Bonchev–Trinajstić information content (AvgIpc) is 3.27. The van der Waals surface area contributed by atoms with Crippen molar-refractivity contribution in [3.05, 3.63) is 23.0 Å². The van der Waals surface area contributed by atoms with Crippen LogP contribution >= 0.6 is 0 Å². The first-order valence-electron chi connectivity index (χ1n) is 10.3. The van der Waals surface area contributed by atoms with Crippen molar-refractivity contribution >= 4 is 22.9 Å². The van der Waals surface area contributed by atoms with Crippen molar-refractivity contribution in [3.8, 4) is 0 Å². The van der Waals surface area contributed by atoms with Crippen molar-refractivity contribution in [2.24, 2.45) is 11.3 Å². The summed E-state index contributed by atoms with van der Waals surface area (Å²) in [5.74, 6) is 0.909. The fourth-order valence-electron chi connectivity index (χ4n) is 4.92. The predicted molar refractivity (Wildman–Crippen MR) is 103 cm³/mol. The van der Waals surface area contributed by atoms with Gasteiger partial charge in [-0.25, -0.2) is 4.98 Å². The molecule has 3 aliphatic rings. The van der Waals surface area contributed by atoms with E-state index in [0.717, 1.165) is 38.0 Å². The fourth-order valence-corrected chi connectivity index (χ4v) is 4.92. The highest BCUT2D eigenvalue weighted by molar-refractivity contribution is 6.06. The molecular weight excluding hydrogens is 356 g/mol. The van der Waals surface area contributed by atoms with E-state index in [1.807, 2.05) is 24.8 Å². The van der Waals surface area contributed by atoms with E-state index in [1.54, 1.807) is 0 Å². The summed E-state index contributed by atoms with van der Waals surface area (Å²) < 4.78 is 5.27. The first-order chi connectivity index (χ1) is 13.5. The molecular formula is C21H26N4O3. The second kappa shape index (κ2) is 6.29. The molecule has 7 heteroatoms. The van der Waals surface area contributed by atoms with Gasteiger partial charge in [0.1, 0.15) is 0 Å². The molecule has 1 unspecified atom stereocenters. The van der Waals surface area contributed by atoms with E-state index in [4.69, 9.17) is 4.52 Å². The Morgan fingerprint density at radius 3 is 2.89 bits per heavy atom. The number of amides is 2. The summed E-state index contributed by atoms with van der Waals surface area (Å²) >= 11 is 0. The van der Waals surface area contributed by atoms with Crippen molar-refractivity contribution in [1.82, 2.24) is 19.9 Å². The highest BCUT2D eigenvalue weighted by atomic mass is 16.5. The number of rotatable bonds is 3. The van der Waals surface area contributed by atoms with Crippen LogP contribution in [0.5, 0.6) is 0 Å². The normalized spacial score (nSPS) is 25.3. The second-order valence-electron chi connectivity index (χ2n) is 8.81. The van der Waals surface area contributed by atoms with Gasteiger partial charge in [0.05, 0.1) is 22.1 Å². The molecule has 2 aromatic heterocycles. The van der Waals surface area contributed by atoms with Gasteiger partial charge in [-0.1, -0.05) is 5.16 Å². The minimum atomic E-state index is -0.395. The first kappa shape index (κ1) is 17.6. The Bertz CT molecular complexity index is 964. The van der Waals surface area contributed by atoms with Crippen molar-refractivity contribution in [3.63, 3.8) is 0 Å². The number of hydrogen-bond donors (Lipinski definition) is 0. The zero-order valence-electron chi connectivity index (χ0n) is 16.5. The van der Waals surface area contributed by atoms with E-state index in [2.05, 4.69) is 15.0 Å². The Kier molecular flexibility index (Phi) is 3.96. The molecule has 0 radical (unpaired) electrons. The summed E-state index contributed by atoms with van der Waals surface area (Å²) in [7, 11) is 0. The van der Waals surface area contributed by atoms with Gasteiger partial charge in [-0.15, -0.1) is 0 Å². The predicted octanol–water partition coefficient (Wildman–Crippen LogP) is 2.70. The lowest BCUT2D eigenvalue weighted by Crippen LogP contribution is -2.51. The van der Waals surface area contributed by atoms with Gasteiger partial charge >= 0.3 is 0 Å². The third-order valence-electron chi connectivity index (χ3n) is 6.62. The Balaban J connectivity index is 1.41. The number of hydrogen-bond acceptors (Lipinski definition) is 5. The highest BCUT2D eigenvalue weighted by Crippen LogP contribution is 2.42. The van der Waals surface area contributed by atoms with Gasteiger partial charge in [-0.2, -0.15) is 0 Å². The monoisotopic (exact) mass is 382 g/mol. The molecule has 0 aromatic carbocycles. The van der Waals surface area contributed by atoms with E-state index in [-0.39, 0.29) is 11.8 Å². The Morgan fingerprint density at radius 1 is 1.29 bits per heavy atom. The lowest BCUT2D eigenvalue weighted by atomic mass is 9.78. The number of carbonyl (C=O) groups excluding carboxylic acids is 2. The Morgan fingerprint density at radius 2 is 2.11 bits per heavy atom. The molecule has 148 valence electrons. The molecule has 2 aliphatic heterocycles. The van der Waals surface area contributed by atoms with E-state index in [1.165, 1.54) is 12.8 Å². The molecule has 2 aromatic rings. The van der Waals surface area contributed by atoms with E-state index in [0.29, 0.717) is 41.4 Å². The van der Waals surface area contributed by atoms with Crippen LogP contribution in [0.1, 0.15) is 53.8 Å². The van der Waals surface area contributed by atoms with Crippen molar-refractivity contribution in [2.45, 2.75) is 46.0 Å². The molecule has 7 nitrogen and oxygen atoms in total. The molecule has 28 heavy (non-hydrogen) atoms. The molecule has 0 N–H and O–H groups in total. The lowest BCUT2D eigenvalue weighted by Gasteiger charge is -2.39. The average molecular weight is 382 g/mol. The summed E-state index contributed by atoms with van der Waals surface area (Å²) in [6, 6.07) is 1.81. The standard InChI is InChI=1S/C21H26N4O3/c1-13-10-16(17-14(2)23-28-18(17)22-13)19(26)25-9-7-21(12-25)6-3-8-24(20(21)27)11-15-4-5-15/h10,15H,3-9,11-12H2,1-2H3. The van der Waals surface area contributed by atoms with Gasteiger partial charge in [-0.3, -0.25) is 9.59 Å². The zero-order valence-corrected chi connectivity index (χ0v) is 16.5. The minimum Gasteiger partial charge on any atom is -0.342 e. The second-order valence-corrected chi connectivity index (χ2v) is 8.81. The molecule has 1 saturated carbocycles. The van der Waals surface area contributed by atoms with E-state index < -0.39 is 5.41 Å². The Hall–Kier alpha value is -2.44. The molecule has 0 bridgehead atoms. The number of likely N-dealkylation sites (tertiary alicyclic amines) is 2. The quantitative estimate of drug-likeness (QED) is 0.815. The van der Waals surface area contributed by atoms with Crippen LogP contribution in [0.4, 0.5) is 0 Å². The van der Waals surface area contributed by atoms with Gasteiger partial charge in [0, 0.05) is 31.9 Å². The third kappa shape index (κ3) is 2.79. The number of fused-ring (bicyclic) bond motifs is 1. The summed E-state index contributed by atoms with van der Waals surface area (Å²) in [5.41, 5.74) is 1.98. The third-order valence-corrected chi connectivity index (χ3v) is 6.62. The number of aryl methyl sites for hydroxylation is 2. The van der Waals surface area contributed by atoms with Crippen LogP contribution in [0.25, 0.3) is 11.1 Å². The highest BCUT2D eigenvalue weighted by Gasteiger charge is 2.50. The maximum atomic E-state index is 13.4. The van der Waals surface area contributed by atoms with Crippen LogP contribution in [0, 0.1) is 25.2 Å². The first-order valence-corrected chi connectivity index (χ1v) is 10.3. The van der Waals surface area contributed by atoms with Crippen molar-refractivity contribution < 1.29 is 14.1 Å². The van der Waals surface area contributed by atoms with Crippen LogP contribution in [0.2, 0.25) is 0 Å². The molecule has 1 spiro atoms. The van der Waals surface area contributed by atoms with Crippen molar-refractivity contribution in [2.75, 3.05) is 26.2 Å². The Labute approximate surface area is 164 Å². The summed E-state index contributed by atoms with van der Waals surface area (Å²) in [6.07, 6.45) is 5.17. The fraction of sp³-hybridized carbons (Fsp3) is 0.619. The van der Waals surface area contributed by atoms with E-state index in [9.17, 15) is 9.59 Å². The number of pyridine rings is 1. The maximum absolute atomic E-state index is 13.4. The number of nitrogens with zero attached hydrogens (tertiary/aromatic N) is 4. The van der Waals surface area contributed by atoms with Crippen LogP contribution in [0.3, 0.4) is 0 Å².